The Bertz CT molecular complexity index is 1220. The first-order valence-corrected chi connectivity index (χ1v) is 11.1. The van der Waals surface area contributed by atoms with E-state index in [2.05, 4.69) is 31.3 Å². The lowest BCUT2D eigenvalue weighted by molar-refractivity contribution is 0.102. The number of nitrogens with one attached hydrogen (secondary N) is 1. The van der Waals surface area contributed by atoms with Crippen molar-refractivity contribution in [3.05, 3.63) is 88.5 Å². The molecule has 7 nitrogen and oxygen atoms in total. The Hall–Kier alpha value is -3.52. The van der Waals surface area contributed by atoms with Gasteiger partial charge in [0.25, 0.3) is 5.91 Å². The zero-order chi connectivity index (χ0) is 22.5. The summed E-state index contributed by atoms with van der Waals surface area (Å²) in [7, 11) is 0. The van der Waals surface area contributed by atoms with Crippen LogP contribution in [0.3, 0.4) is 0 Å². The van der Waals surface area contributed by atoms with Crippen molar-refractivity contribution in [2.24, 2.45) is 0 Å². The van der Waals surface area contributed by atoms with E-state index in [0.29, 0.717) is 17.9 Å². The van der Waals surface area contributed by atoms with E-state index < -0.39 is 0 Å². The molecule has 164 valence electrons. The molecular weight excluding hydrogens is 422 g/mol. The van der Waals surface area contributed by atoms with Gasteiger partial charge in [0.05, 0.1) is 34.5 Å². The summed E-state index contributed by atoms with van der Waals surface area (Å²) in [6, 6.07) is 17.4. The zero-order valence-electron chi connectivity index (χ0n) is 18.3. The Labute approximate surface area is 191 Å². The van der Waals surface area contributed by atoms with Crippen molar-refractivity contribution in [1.82, 2.24) is 18.5 Å². The van der Waals surface area contributed by atoms with Crippen molar-refractivity contribution in [2.45, 2.75) is 40.3 Å². The van der Waals surface area contributed by atoms with Crippen molar-refractivity contribution >= 4 is 23.3 Å². The third kappa shape index (κ3) is 5.03. The molecule has 1 N–H and O–H groups in total. The number of benzene rings is 2. The second-order valence-electron chi connectivity index (χ2n) is 7.57. The van der Waals surface area contributed by atoms with Crippen LogP contribution in [0, 0.1) is 20.8 Å². The van der Waals surface area contributed by atoms with Crippen LogP contribution >= 0.6 is 11.7 Å². The van der Waals surface area contributed by atoms with Crippen molar-refractivity contribution in [3.8, 4) is 5.75 Å². The lowest BCUT2D eigenvalue weighted by Gasteiger charge is -2.09. The lowest BCUT2D eigenvalue weighted by Crippen LogP contribution is -2.13. The van der Waals surface area contributed by atoms with Gasteiger partial charge in [-0.05, 0) is 51.0 Å². The summed E-state index contributed by atoms with van der Waals surface area (Å²) in [6.07, 6.45) is 0.879. The van der Waals surface area contributed by atoms with E-state index in [0.717, 1.165) is 41.4 Å². The number of carbonyl (C=O) groups is 1. The van der Waals surface area contributed by atoms with E-state index in [1.165, 1.54) is 17.3 Å². The van der Waals surface area contributed by atoms with E-state index in [4.69, 9.17) is 4.74 Å². The number of aryl methyl sites for hydroxylation is 4. The second-order valence-corrected chi connectivity index (χ2v) is 8.10. The molecule has 2 aromatic heterocycles. The van der Waals surface area contributed by atoms with E-state index in [9.17, 15) is 4.79 Å². The normalized spacial score (nSPS) is 10.8. The molecular formula is C24H25N5O2S. The van der Waals surface area contributed by atoms with E-state index in [1.807, 2.05) is 49.7 Å². The average molecular weight is 448 g/mol. The summed E-state index contributed by atoms with van der Waals surface area (Å²) in [5.74, 6) is 0.410. The highest BCUT2D eigenvalue weighted by molar-refractivity contribution is 6.99. The molecule has 0 spiro atoms. The van der Waals surface area contributed by atoms with Crippen LogP contribution in [0.4, 0.5) is 5.69 Å². The van der Waals surface area contributed by atoms with Gasteiger partial charge >= 0.3 is 0 Å². The molecule has 32 heavy (non-hydrogen) atoms. The number of ether oxygens (including phenoxy) is 1. The standard InChI is InChI=1S/C24H25N5O2S/c1-16-22(28-32-27-16)15-31-21-11-7-10-20(14-21)24(30)25-23-17(2)26-29(18(23)3)13-12-19-8-5-4-6-9-19/h4-11,14H,12-13,15H2,1-3H3,(H,25,30). The number of aromatic nitrogens is 4. The van der Waals surface area contributed by atoms with Crippen molar-refractivity contribution in [1.29, 1.82) is 0 Å². The average Bonchev–Trinajstić information content (AvgIpc) is 3.34. The van der Waals surface area contributed by atoms with Crippen molar-refractivity contribution in [2.75, 3.05) is 5.32 Å². The van der Waals surface area contributed by atoms with Gasteiger partial charge in [0, 0.05) is 12.1 Å². The maximum Gasteiger partial charge on any atom is 0.255 e. The van der Waals surface area contributed by atoms with Crippen LogP contribution in [0.15, 0.2) is 54.6 Å². The van der Waals surface area contributed by atoms with Gasteiger partial charge < -0.3 is 10.1 Å². The third-order valence-corrected chi connectivity index (χ3v) is 5.95. The molecule has 0 atom stereocenters. The molecule has 0 bridgehead atoms. The fourth-order valence-electron chi connectivity index (χ4n) is 3.42. The summed E-state index contributed by atoms with van der Waals surface area (Å²) >= 11 is 1.17. The highest BCUT2D eigenvalue weighted by Gasteiger charge is 2.16. The first kappa shape index (κ1) is 21.7. The number of anilines is 1. The lowest BCUT2D eigenvalue weighted by atomic mass is 10.1. The summed E-state index contributed by atoms with van der Waals surface area (Å²) in [4.78, 5) is 12.9. The molecule has 0 radical (unpaired) electrons. The molecule has 0 saturated heterocycles. The molecule has 0 aliphatic heterocycles. The van der Waals surface area contributed by atoms with Crippen LogP contribution < -0.4 is 10.1 Å². The van der Waals surface area contributed by atoms with Gasteiger partial charge in [0.2, 0.25) is 0 Å². The molecule has 0 saturated carbocycles. The van der Waals surface area contributed by atoms with Crippen LogP contribution in [0.25, 0.3) is 0 Å². The largest absolute Gasteiger partial charge is 0.487 e. The maximum atomic E-state index is 12.9. The Morgan fingerprint density at radius 3 is 2.59 bits per heavy atom. The summed E-state index contributed by atoms with van der Waals surface area (Å²) < 4.78 is 16.1. The number of nitrogens with zero attached hydrogens (tertiary/aromatic N) is 4. The first-order valence-electron chi connectivity index (χ1n) is 10.4. The second kappa shape index (κ2) is 9.74. The topological polar surface area (TPSA) is 81.9 Å². The predicted octanol–water partition coefficient (Wildman–Crippen LogP) is 4.73. The van der Waals surface area contributed by atoms with Gasteiger partial charge in [-0.3, -0.25) is 9.48 Å². The van der Waals surface area contributed by atoms with E-state index >= 15 is 0 Å². The van der Waals surface area contributed by atoms with Crippen LogP contribution in [0.5, 0.6) is 5.75 Å². The minimum atomic E-state index is -0.198. The Morgan fingerprint density at radius 2 is 1.84 bits per heavy atom. The fourth-order valence-corrected chi connectivity index (χ4v) is 3.97. The van der Waals surface area contributed by atoms with E-state index in [-0.39, 0.29) is 5.91 Å². The Kier molecular flexibility index (Phi) is 6.61. The number of amides is 1. The molecule has 0 aliphatic rings. The van der Waals surface area contributed by atoms with Gasteiger partial charge in [-0.15, -0.1) is 0 Å². The van der Waals surface area contributed by atoms with Crippen LogP contribution in [0.2, 0.25) is 0 Å². The SMILES string of the molecule is Cc1nsnc1COc1cccc(C(=O)Nc2c(C)nn(CCc3ccccc3)c2C)c1. The molecule has 8 heteroatoms. The Morgan fingerprint density at radius 1 is 1.03 bits per heavy atom. The molecule has 0 fully saturated rings. The van der Waals surface area contributed by atoms with Gasteiger partial charge in [0.15, 0.2) is 0 Å². The van der Waals surface area contributed by atoms with Crippen molar-refractivity contribution in [3.63, 3.8) is 0 Å². The first-order chi connectivity index (χ1) is 15.5. The minimum Gasteiger partial charge on any atom is -0.487 e. The smallest absolute Gasteiger partial charge is 0.255 e. The van der Waals surface area contributed by atoms with Gasteiger partial charge in [-0.25, -0.2) is 0 Å². The van der Waals surface area contributed by atoms with Gasteiger partial charge in [0.1, 0.15) is 18.1 Å². The molecule has 4 aromatic rings. The molecule has 2 aromatic carbocycles. The zero-order valence-corrected chi connectivity index (χ0v) is 19.1. The predicted molar refractivity (Wildman–Crippen MR) is 125 cm³/mol. The molecule has 1 amide bonds. The van der Waals surface area contributed by atoms with Crippen LogP contribution in [-0.2, 0) is 19.6 Å². The molecule has 2 heterocycles. The highest BCUT2D eigenvalue weighted by atomic mass is 32.1. The highest BCUT2D eigenvalue weighted by Crippen LogP contribution is 2.22. The van der Waals surface area contributed by atoms with Gasteiger partial charge in [-0.1, -0.05) is 36.4 Å². The van der Waals surface area contributed by atoms with Gasteiger partial charge in [-0.2, -0.15) is 13.8 Å². The van der Waals surface area contributed by atoms with E-state index in [1.54, 1.807) is 18.2 Å². The van der Waals surface area contributed by atoms with Crippen LogP contribution in [0.1, 0.15) is 38.7 Å². The summed E-state index contributed by atoms with van der Waals surface area (Å²) in [5, 5.41) is 7.64. The summed E-state index contributed by atoms with van der Waals surface area (Å²) in [5.41, 5.74) is 5.92. The number of hydrogen-bond acceptors (Lipinski definition) is 6. The molecule has 4 rings (SSSR count). The monoisotopic (exact) mass is 447 g/mol. The van der Waals surface area contributed by atoms with Crippen LogP contribution in [-0.4, -0.2) is 24.4 Å². The Balaban J connectivity index is 1.42. The van der Waals surface area contributed by atoms with Crippen molar-refractivity contribution < 1.29 is 9.53 Å². The molecule has 0 aliphatic carbocycles. The number of carbonyl (C=O) groups excluding carboxylic acids is 1. The minimum absolute atomic E-state index is 0.198. The number of rotatable bonds is 8. The fraction of sp³-hybridized carbons (Fsp3) is 0.250. The third-order valence-electron chi connectivity index (χ3n) is 5.29. The number of hydrogen-bond donors (Lipinski definition) is 1. The maximum absolute atomic E-state index is 12.9. The summed E-state index contributed by atoms with van der Waals surface area (Å²) in [6.45, 7) is 6.85. The quantitative estimate of drug-likeness (QED) is 0.422. The molecule has 0 unspecified atom stereocenters.